The van der Waals surface area contributed by atoms with Gasteiger partial charge in [0.1, 0.15) is 11.9 Å². The third-order valence-corrected chi connectivity index (χ3v) is 2.85. The van der Waals surface area contributed by atoms with E-state index in [0.29, 0.717) is 6.10 Å². The molecule has 5 heteroatoms. The van der Waals surface area contributed by atoms with Gasteiger partial charge in [-0.3, -0.25) is 0 Å². The van der Waals surface area contributed by atoms with Crippen molar-refractivity contribution in [2.45, 2.75) is 18.9 Å². The molecule has 0 saturated carbocycles. The maximum atomic E-state index is 5.88. The van der Waals surface area contributed by atoms with Gasteiger partial charge in [0.15, 0.2) is 0 Å². The summed E-state index contributed by atoms with van der Waals surface area (Å²) in [6, 6.07) is 7.63. The van der Waals surface area contributed by atoms with Crippen molar-refractivity contribution < 1.29 is 4.74 Å². The fourth-order valence-corrected chi connectivity index (χ4v) is 1.84. The first-order valence-corrected chi connectivity index (χ1v) is 5.45. The smallest absolute Gasteiger partial charge is 0.119 e. The minimum absolute atomic E-state index is 0. The molecule has 2 rings (SSSR count). The van der Waals surface area contributed by atoms with Crippen LogP contribution in [-0.4, -0.2) is 31.1 Å². The van der Waals surface area contributed by atoms with Crippen molar-refractivity contribution in [1.82, 2.24) is 4.90 Å². The van der Waals surface area contributed by atoms with E-state index in [9.17, 15) is 0 Å². The second kappa shape index (κ2) is 7.64. The van der Waals surface area contributed by atoms with Crippen LogP contribution in [0.2, 0.25) is 0 Å². The molecule has 0 unspecified atom stereocenters. The Morgan fingerprint density at radius 1 is 1.12 bits per heavy atom. The second-order valence-electron chi connectivity index (χ2n) is 4.19. The van der Waals surface area contributed by atoms with Gasteiger partial charge in [-0.05, 0) is 44.2 Å². The van der Waals surface area contributed by atoms with Crippen LogP contribution in [0.4, 0.5) is 5.69 Å². The molecular weight excluding hydrogens is 259 g/mol. The first-order chi connectivity index (χ1) is 7.24. The lowest BCUT2D eigenvalue weighted by atomic mass is 10.1. The highest BCUT2D eigenvalue weighted by molar-refractivity contribution is 5.85. The summed E-state index contributed by atoms with van der Waals surface area (Å²) < 4.78 is 5.88. The van der Waals surface area contributed by atoms with Gasteiger partial charge in [-0.15, -0.1) is 24.8 Å². The van der Waals surface area contributed by atoms with Crippen LogP contribution in [-0.2, 0) is 0 Å². The number of hydrogen-bond donors (Lipinski definition) is 1. The Morgan fingerprint density at radius 2 is 1.65 bits per heavy atom. The summed E-state index contributed by atoms with van der Waals surface area (Å²) in [6.45, 7) is 2.25. The summed E-state index contributed by atoms with van der Waals surface area (Å²) in [6.07, 6.45) is 2.59. The number of hydrogen-bond acceptors (Lipinski definition) is 3. The molecule has 0 amide bonds. The van der Waals surface area contributed by atoms with Crippen molar-refractivity contribution in [2.75, 3.05) is 25.9 Å². The number of anilines is 1. The lowest BCUT2D eigenvalue weighted by molar-refractivity contribution is 0.114. The summed E-state index contributed by atoms with van der Waals surface area (Å²) in [5, 5.41) is 0. The highest BCUT2D eigenvalue weighted by Crippen LogP contribution is 2.19. The molecule has 1 aromatic rings. The normalized spacial score (nSPS) is 16.8. The Morgan fingerprint density at radius 3 is 2.18 bits per heavy atom. The Hall–Kier alpha value is -0.640. The van der Waals surface area contributed by atoms with Gasteiger partial charge in [-0.1, -0.05) is 0 Å². The molecule has 1 aromatic carbocycles. The molecule has 0 spiro atoms. The van der Waals surface area contributed by atoms with E-state index in [1.54, 1.807) is 0 Å². The van der Waals surface area contributed by atoms with Crippen LogP contribution < -0.4 is 10.5 Å². The average molecular weight is 279 g/mol. The predicted molar refractivity (Wildman–Crippen MR) is 76.5 cm³/mol. The molecule has 3 nitrogen and oxygen atoms in total. The van der Waals surface area contributed by atoms with Crippen LogP contribution >= 0.6 is 24.8 Å². The lowest BCUT2D eigenvalue weighted by Gasteiger charge is -2.29. The molecule has 0 atom stereocenters. The first-order valence-electron chi connectivity index (χ1n) is 5.45. The predicted octanol–water partition coefficient (Wildman–Crippen LogP) is 2.59. The molecule has 98 valence electrons. The summed E-state index contributed by atoms with van der Waals surface area (Å²) >= 11 is 0. The number of rotatable bonds is 2. The van der Waals surface area contributed by atoms with Gasteiger partial charge in [-0.25, -0.2) is 0 Å². The number of ether oxygens (including phenoxy) is 1. The van der Waals surface area contributed by atoms with Crippen LogP contribution in [0.5, 0.6) is 5.75 Å². The second-order valence-corrected chi connectivity index (χ2v) is 4.19. The van der Waals surface area contributed by atoms with E-state index in [-0.39, 0.29) is 24.8 Å². The number of nitrogens with zero attached hydrogens (tertiary/aromatic N) is 1. The van der Waals surface area contributed by atoms with Gasteiger partial charge in [-0.2, -0.15) is 0 Å². The van der Waals surface area contributed by atoms with E-state index < -0.39 is 0 Å². The highest BCUT2D eigenvalue weighted by atomic mass is 35.5. The van der Waals surface area contributed by atoms with Gasteiger partial charge < -0.3 is 15.4 Å². The van der Waals surface area contributed by atoms with Gasteiger partial charge in [0, 0.05) is 18.8 Å². The van der Waals surface area contributed by atoms with E-state index in [4.69, 9.17) is 10.5 Å². The fraction of sp³-hybridized carbons (Fsp3) is 0.500. The molecular formula is C12H20Cl2N2O. The number of halogens is 2. The van der Waals surface area contributed by atoms with Crippen molar-refractivity contribution in [1.29, 1.82) is 0 Å². The number of likely N-dealkylation sites (tertiary alicyclic amines) is 1. The van der Waals surface area contributed by atoms with Gasteiger partial charge in [0.05, 0.1) is 0 Å². The van der Waals surface area contributed by atoms with E-state index >= 15 is 0 Å². The quantitative estimate of drug-likeness (QED) is 0.846. The van der Waals surface area contributed by atoms with Crippen molar-refractivity contribution in [3.8, 4) is 5.75 Å². The van der Waals surface area contributed by atoms with Gasteiger partial charge in [0.2, 0.25) is 0 Å². The van der Waals surface area contributed by atoms with Crippen LogP contribution in [0, 0.1) is 0 Å². The summed E-state index contributed by atoms with van der Waals surface area (Å²) in [5.41, 5.74) is 6.40. The monoisotopic (exact) mass is 278 g/mol. The zero-order valence-corrected chi connectivity index (χ0v) is 11.6. The Labute approximate surface area is 115 Å². The van der Waals surface area contributed by atoms with Crippen LogP contribution in [0.3, 0.4) is 0 Å². The summed E-state index contributed by atoms with van der Waals surface area (Å²) in [7, 11) is 2.15. The molecule has 0 bridgehead atoms. The van der Waals surface area contributed by atoms with Gasteiger partial charge in [0.25, 0.3) is 0 Å². The molecule has 1 heterocycles. The fourth-order valence-electron chi connectivity index (χ4n) is 1.84. The molecule has 0 aliphatic carbocycles. The topological polar surface area (TPSA) is 38.5 Å². The molecule has 1 fully saturated rings. The maximum Gasteiger partial charge on any atom is 0.119 e. The molecule has 1 aliphatic heterocycles. The molecule has 1 aliphatic rings. The minimum atomic E-state index is 0. The number of nitrogen functional groups attached to an aromatic ring is 1. The van der Waals surface area contributed by atoms with Crippen LogP contribution in [0.25, 0.3) is 0 Å². The van der Waals surface area contributed by atoms with Crippen LogP contribution in [0.1, 0.15) is 12.8 Å². The van der Waals surface area contributed by atoms with Gasteiger partial charge >= 0.3 is 0 Å². The highest BCUT2D eigenvalue weighted by Gasteiger charge is 2.17. The lowest BCUT2D eigenvalue weighted by Crippen LogP contribution is -2.35. The SMILES string of the molecule is CN1CCC(Oc2ccc(N)cc2)CC1.Cl.Cl. The Kier molecular flexibility index (Phi) is 7.35. The summed E-state index contributed by atoms with van der Waals surface area (Å²) in [4.78, 5) is 2.34. The standard InChI is InChI=1S/C12H18N2O.2ClH/c1-14-8-6-12(7-9-14)15-11-4-2-10(13)3-5-11;;/h2-5,12H,6-9,13H2,1H3;2*1H. The molecule has 2 N–H and O–H groups in total. The zero-order chi connectivity index (χ0) is 10.7. The Bertz CT molecular complexity index is 311. The van der Waals surface area contributed by atoms with E-state index in [2.05, 4.69) is 11.9 Å². The van der Waals surface area contributed by atoms with Crippen LogP contribution in [0.15, 0.2) is 24.3 Å². The van der Waals surface area contributed by atoms with Crippen molar-refractivity contribution >= 4 is 30.5 Å². The average Bonchev–Trinajstić information content (AvgIpc) is 2.25. The van der Waals surface area contributed by atoms with Crippen molar-refractivity contribution in [2.24, 2.45) is 0 Å². The number of nitrogens with two attached hydrogens (primary N) is 1. The van der Waals surface area contributed by atoms with E-state index in [1.807, 2.05) is 24.3 Å². The third kappa shape index (κ3) is 5.02. The Balaban J connectivity index is 0.00000128. The maximum absolute atomic E-state index is 5.88. The molecule has 17 heavy (non-hydrogen) atoms. The van der Waals surface area contributed by atoms with Crippen molar-refractivity contribution in [3.05, 3.63) is 24.3 Å². The van der Waals surface area contributed by atoms with E-state index in [0.717, 1.165) is 37.4 Å². The minimum Gasteiger partial charge on any atom is -0.490 e. The third-order valence-electron chi connectivity index (χ3n) is 2.85. The first kappa shape index (κ1) is 16.4. The number of piperidine rings is 1. The number of benzene rings is 1. The summed E-state index contributed by atoms with van der Waals surface area (Å²) in [5.74, 6) is 0.929. The van der Waals surface area contributed by atoms with E-state index in [1.165, 1.54) is 0 Å². The van der Waals surface area contributed by atoms with Crippen molar-refractivity contribution in [3.63, 3.8) is 0 Å². The zero-order valence-electron chi connectivity index (χ0n) is 9.96. The molecule has 0 aromatic heterocycles. The molecule has 0 radical (unpaired) electrons. The molecule has 1 saturated heterocycles. The largest absolute Gasteiger partial charge is 0.490 e.